The Bertz CT molecular complexity index is 1450. The molecule has 1 unspecified atom stereocenters. The lowest BCUT2D eigenvalue weighted by molar-refractivity contribution is -0.132. The van der Waals surface area contributed by atoms with Crippen LogP contribution in [0.3, 0.4) is 0 Å². The molecule has 1 amide bonds. The summed E-state index contributed by atoms with van der Waals surface area (Å²) in [5.41, 5.74) is 1.59. The van der Waals surface area contributed by atoms with E-state index < -0.39 is 17.7 Å². The van der Waals surface area contributed by atoms with Crippen LogP contribution in [0.5, 0.6) is 11.5 Å². The Balaban J connectivity index is 1.71. The number of hydrogen-bond donors (Lipinski definition) is 1. The van der Waals surface area contributed by atoms with Crippen molar-refractivity contribution in [2.24, 2.45) is 0 Å². The largest absolute Gasteiger partial charge is 0.507 e. The Labute approximate surface area is 211 Å². The second-order valence-electron chi connectivity index (χ2n) is 7.94. The van der Waals surface area contributed by atoms with Gasteiger partial charge in [-0.1, -0.05) is 23.5 Å². The maximum absolute atomic E-state index is 13.4. The first kappa shape index (κ1) is 23.5. The number of Topliss-reactive ketones (excluding diaryl/α,β-unsaturated/α-hetero) is 1. The fraction of sp³-hybridized carbons (Fsp3) is 0.185. The number of aromatic nitrogens is 2. The lowest BCUT2D eigenvalue weighted by atomic mass is 9.95. The Hall–Kier alpha value is -4.24. The summed E-state index contributed by atoms with van der Waals surface area (Å²) in [6.45, 7) is 4.49. The van der Waals surface area contributed by atoms with Gasteiger partial charge in [-0.3, -0.25) is 19.5 Å². The molecule has 5 rings (SSSR count). The van der Waals surface area contributed by atoms with Crippen molar-refractivity contribution in [1.82, 2.24) is 9.97 Å². The van der Waals surface area contributed by atoms with Gasteiger partial charge in [0.1, 0.15) is 17.3 Å². The van der Waals surface area contributed by atoms with Crippen LogP contribution >= 0.6 is 11.3 Å². The topological polar surface area (TPSA) is 102 Å². The number of para-hydroxylation sites is 1. The van der Waals surface area contributed by atoms with Crippen molar-refractivity contribution < 1.29 is 24.2 Å². The average molecular weight is 502 g/mol. The van der Waals surface area contributed by atoms with E-state index in [2.05, 4.69) is 9.97 Å². The number of amides is 1. The smallest absolute Gasteiger partial charge is 0.301 e. The molecule has 0 aliphatic carbocycles. The number of aliphatic hydroxyl groups excluding tert-OH is 1. The van der Waals surface area contributed by atoms with Crippen molar-refractivity contribution in [3.8, 4) is 11.5 Å². The minimum atomic E-state index is -0.894. The van der Waals surface area contributed by atoms with Crippen LogP contribution in [0, 0.1) is 0 Å². The van der Waals surface area contributed by atoms with Gasteiger partial charge in [-0.05, 0) is 55.8 Å². The number of anilines is 1. The normalized spacial score (nSPS) is 17.1. The molecule has 1 saturated heterocycles. The van der Waals surface area contributed by atoms with Crippen molar-refractivity contribution in [3.63, 3.8) is 0 Å². The third-order valence-corrected chi connectivity index (χ3v) is 6.81. The van der Waals surface area contributed by atoms with Crippen LogP contribution in [0.15, 0.2) is 72.6 Å². The van der Waals surface area contributed by atoms with Crippen molar-refractivity contribution in [2.45, 2.75) is 19.9 Å². The van der Waals surface area contributed by atoms with Gasteiger partial charge in [0.2, 0.25) is 0 Å². The van der Waals surface area contributed by atoms with E-state index in [1.165, 1.54) is 16.2 Å². The van der Waals surface area contributed by atoms with Crippen LogP contribution < -0.4 is 14.4 Å². The van der Waals surface area contributed by atoms with Gasteiger partial charge >= 0.3 is 5.91 Å². The minimum Gasteiger partial charge on any atom is -0.507 e. The summed E-state index contributed by atoms with van der Waals surface area (Å²) in [5.74, 6) is -0.977. The predicted molar refractivity (Wildman–Crippen MR) is 137 cm³/mol. The van der Waals surface area contributed by atoms with E-state index in [4.69, 9.17) is 9.47 Å². The fourth-order valence-corrected chi connectivity index (χ4v) is 5.22. The van der Waals surface area contributed by atoms with Gasteiger partial charge in [0, 0.05) is 18.5 Å². The van der Waals surface area contributed by atoms with Gasteiger partial charge in [0.05, 0.1) is 40.6 Å². The fourth-order valence-electron chi connectivity index (χ4n) is 4.23. The van der Waals surface area contributed by atoms with E-state index in [1.54, 1.807) is 42.7 Å². The molecule has 9 heteroatoms. The molecule has 1 aliphatic heterocycles. The highest BCUT2D eigenvalue weighted by molar-refractivity contribution is 7.22. The van der Waals surface area contributed by atoms with Gasteiger partial charge in [-0.2, -0.15) is 0 Å². The standard InChI is InChI=1S/C27H23N3O5S/c1-3-34-17-9-10-18(20(15-17)35-4-2)24(31)22-23(16-11-13-28-14-12-16)30(26(33)25(22)32)27-29-19-7-5-6-8-21(19)36-27/h5-15,23,31H,3-4H2,1-2H3/b24-22+. The molecule has 1 atom stereocenters. The maximum Gasteiger partial charge on any atom is 0.301 e. The molecular weight excluding hydrogens is 478 g/mol. The average Bonchev–Trinajstić information content (AvgIpc) is 3.43. The minimum absolute atomic E-state index is 0.0458. The number of carbonyl (C=O) groups excluding carboxylic acids is 2. The highest BCUT2D eigenvalue weighted by Gasteiger charge is 2.48. The highest BCUT2D eigenvalue weighted by atomic mass is 32.1. The second-order valence-corrected chi connectivity index (χ2v) is 8.95. The summed E-state index contributed by atoms with van der Waals surface area (Å²) in [4.78, 5) is 36.8. The summed E-state index contributed by atoms with van der Waals surface area (Å²) in [6, 6.07) is 15.0. The number of ether oxygens (including phenoxy) is 2. The molecule has 1 N–H and O–H groups in total. The highest BCUT2D eigenvalue weighted by Crippen LogP contribution is 2.45. The molecule has 4 aromatic rings. The molecule has 2 aromatic carbocycles. The molecule has 182 valence electrons. The Morgan fingerprint density at radius 3 is 2.50 bits per heavy atom. The van der Waals surface area contributed by atoms with Gasteiger partial charge < -0.3 is 14.6 Å². The van der Waals surface area contributed by atoms with Crippen molar-refractivity contribution in [3.05, 3.63) is 83.7 Å². The number of pyridine rings is 1. The number of ketones is 1. The van der Waals surface area contributed by atoms with Gasteiger partial charge in [0.25, 0.3) is 5.78 Å². The van der Waals surface area contributed by atoms with E-state index in [9.17, 15) is 14.7 Å². The zero-order chi connectivity index (χ0) is 25.2. The first-order chi connectivity index (χ1) is 17.5. The molecule has 3 heterocycles. The van der Waals surface area contributed by atoms with E-state index >= 15 is 0 Å². The molecular formula is C27H23N3O5S. The summed E-state index contributed by atoms with van der Waals surface area (Å²) in [7, 11) is 0. The summed E-state index contributed by atoms with van der Waals surface area (Å²) in [6.07, 6.45) is 3.16. The number of hydrogen-bond acceptors (Lipinski definition) is 8. The van der Waals surface area contributed by atoms with E-state index in [1.807, 2.05) is 38.1 Å². The van der Waals surface area contributed by atoms with Crippen LogP contribution in [0.2, 0.25) is 0 Å². The number of nitrogens with zero attached hydrogens (tertiary/aromatic N) is 3. The molecule has 1 aliphatic rings. The maximum atomic E-state index is 13.4. The Morgan fingerprint density at radius 1 is 1.03 bits per heavy atom. The van der Waals surface area contributed by atoms with Crippen LogP contribution in [-0.4, -0.2) is 40.0 Å². The second kappa shape index (κ2) is 9.79. The molecule has 8 nitrogen and oxygen atoms in total. The third kappa shape index (κ3) is 4.07. The molecule has 1 fully saturated rings. The number of aliphatic hydroxyl groups is 1. The van der Waals surface area contributed by atoms with Crippen molar-refractivity contribution in [1.29, 1.82) is 0 Å². The molecule has 0 radical (unpaired) electrons. The van der Waals surface area contributed by atoms with Crippen LogP contribution in [0.25, 0.3) is 16.0 Å². The monoisotopic (exact) mass is 501 g/mol. The quantitative estimate of drug-likeness (QED) is 0.213. The first-order valence-electron chi connectivity index (χ1n) is 11.5. The third-order valence-electron chi connectivity index (χ3n) is 5.77. The van der Waals surface area contributed by atoms with Crippen molar-refractivity contribution in [2.75, 3.05) is 18.1 Å². The molecule has 0 bridgehead atoms. The van der Waals surface area contributed by atoms with Gasteiger partial charge in [-0.15, -0.1) is 0 Å². The van der Waals surface area contributed by atoms with Crippen LogP contribution in [0.4, 0.5) is 5.13 Å². The summed E-state index contributed by atoms with van der Waals surface area (Å²) < 4.78 is 12.2. The SMILES string of the molecule is CCOc1ccc(/C(O)=C2\C(=O)C(=O)N(c3nc4ccccc4s3)C2c2ccncc2)c(OCC)c1. The molecule has 36 heavy (non-hydrogen) atoms. The van der Waals surface area contributed by atoms with Gasteiger partial charge in [-0.25, -0.2) is 4.98 Å². The predicted octanol–water partition coefficient (Wildman–Crippen LogP) is 5.12. The lowest BCUT2D eigenvalue weighted by Crippen LogP contribution is -2.29. The van der Waals surface area contributed by atoms with E-state index in [0.717, 1.165) is 10.2 Å². The Morgan fingerprint density at radius 2 is 1.78 bits per heavy atom. The van der Waals surface area contributed by atoms with E-state index in [0.29, 0.717) is 41.0 Å². The number of rotatable bonds is 7. The summed E-state index contributed by atoms with van der Waals surface area (Å²) in [5, 5.41) is 11.9. The number of benzene rings is 2. The van der Waals surface area contributed by atoms with Gasteiger partial charge in [0.15, 0.2) is 5.13 Å². The van der Waals surface area contributed by atoms with Crippen LogP contribution in [-0.2, 0) is 9.59 Å². The van der Waals surface area contributed by atoms with E-state index in [-0.39, 0.29) is 11.3 Å². The first-order valence-corrected chi connectivity index (χ1v) is 12.3. The number of fused-ring (bicyclic) bond motifs is 1. The zero-order valence-electron chi connectivity index (χ0n) is 19.7. The molecule has 0 saturated carbocycles. The zero-order valence-corrected chi connectivity index (χ0v) is 20.5. The van der Waals surface area contributed by atoms with Crippen molar-refractivity contribution >= 4 is 44.1 Å². The summed E-state index contributed by atoms with van der Waals surface area (Å²) >= 11 is 1.31. The number of carbonyl (C=O) groups is 2. The Kier molecular flexibility index (Phi) is 6.39. The molecule has 0 spiro atoms. The molecule has 2 aromatic heterocycles. The lowest BCUT2D eigenvalue weighted by Gasteiger charge is -2.23. The van der Waals surface area contributed by atoms with Crippen LogP contribution in [0.1, 0.15) is 31.0 Å². The number of thiazole rings is 1.